The minimum absolute atomic E-state index is 0.146. The molecule has 112 valence electrons. The van der Waals surface area contributed by atoms with Crippen molar-refractivity contribution in [3.05, 3.63) is 35.4 Å². The van der Waals surface area contributed by atoms with Crippen LogP contribution < -0.4 is 5.32 Å². The Kier molecular flexibility index (Phi) is 1.30. The van der Waals surface area contributed by atoms with Gasteiger partial charge in [0.2, 0.25) is 0 Å². The van der Waals surface area contributed by atoms with E-state index in [1.807, 2.05) is 0 Å². The van der Waals surface area contributed by atoms with Crippen LogP contribution in [0.1, 0.15) is 31.7 Å². The Hall–Kier alpha value is -2.01. The number of rotatable bonds is 5. The summed E-state index contributed by atoms with van der Waals surface area (Å²) in [5.41, 5.74) is -1.35. The number of benzene rings is 1. The van der Waals surface area contributed by atoms with Crippen molar-refractivity contribution in [2.45, 2.75) is 18.8 Å². The zero-order chi connectivity index (χ0) is 27.8. The Bertz CT molecular complexity index is 1200. The lowest BCUT2D eigenvalue weighted by Gasteiger charge is -2.09. The third-order valence-corrected chi connectivity index (χ3v) is 2.76. The van der Waals surface area contributed by atoms with Crippen LogP contribution in [0.25, 0.3) is 10.9 Å². The van der Waals surface area contributed by atoms with Crippen LogP contribution in [0.2, 0.25) is 0 Å². The van der Waals surface area contributed by atoms with E-state index in [-0.39, 0.29) is 21.4 Å². The van der Waals surface area contributed by atoms with Gasteiger partial charge in [-0.05, 0) is 50.0 Å². The highest BCUT2D eigenvalue weighted by Crippen LogP contribution is 2.21. The van der Waals surface area contributed by atoms with Crippen LogP contribution in [0, 0.1) is 0 Å². The molecule has 21 heavy (non-hydrogen) atoms. The van der Waals surface area contributed by atoms with Gasteiger partial charge in [-0.2, -0.15) is 0 Å². The number of H-pyrrole nitrogens is 1. The van der Waals surface area contributed by atoms with E-state index in [9.17, 15) is 4.79 Å². The van der Waals surface area contributed by atoms with Crippen LogP contribution >= 0.6 is 0 Å². The van der Waals surface area contributed by atoms with Crippen molar-refractivity contribution < 1.29 is 30.1 Å². The smallest absolute Gasteiger partial charge is 0.407 e. The number of hydrogen-bond acceptors (Lipinski definition) is 3. The second-order valence-corrected chi connectivity index (χ2v) is 4.25. The number of carbonyl (C=O) groups excluding carboxylic acids is 1. The first-order chi connectivity index (χ1) is 16.1. The van der Waals surface area contributed by atoms with Gasteiger partial charge in [0.25, 0.3) is 0 Å². The Morgan fingerprint density at radius 1 is 1.67 bits per heavy atom. The van der Waals surface area contributed by atoms with Crippen LogP contribution in [0.5, 0.6) is 0 Å². The van der Waals surface area contributed by atoms with Crippen molar-refractivity contribution in [3.63, 3.8) is 0 Å². The molecule has 0 saturated carbocycles. The number of aromatic amines is 1. The summed E-state index contributed by atoms with van der Waals surface area (Å²) in [5, 5.41) is 1.42. The lowest BCUT2D eigenvalue weighted by atomic mass is 10.0. The van der Waals surface area contributed by atoms with Gasteiger partial charge in [-0.15, -0.1) is 0 Å². The highest BCUT2D eigenvalue weighted by atomic mass is 16.6. The van der Waals surface area contributed by atoms with Crippen LogP contribution in [0.15, 0.2) is 24.3 Å². The zero-order valence-corrected chi connectivity index (χ0v) is 10.7. The topological polar surface area (TPSA) is 57.4 Å². The molecule has 0 spiro atoms. The first-order valence-electron chi connectivity index (χ1n) is 13.5. The summed E-state index contributed by atoms with van der Waals surface area (Å²) in [4.78, 5) is 14.3. The number of carbonyl (C=O) groups is 1. The van der Waals surface area contributed by atoms with Gasteiger partial charge in [-0.25, -0.2) is 4.79 Å². The Morgan fingerprint density at radius 3 is 3.33 bits per heavy atom. The number of fused-ring (bicyclic) bond motifs is 1. The molecule has 1 aromatic carbocycles. The highest BCUT2D eigenvalue weighted by molar-refractivity contribution is 5.84. The number of ether oxygens (including phenoxy) is 1. The second-order valence-electron chi connectivity index (χ2n) is 4.25. The molecule has 1 fully saturated rings. The predicted molar refractivity (Wildman–Crippen MR) is 82.5 cm³/mol. The highest BCUT2D eigenvalue weighted by Gasteiger charge is 2.22. The second kappa shape index (κ2) is 5.77. The van der Waals surface area contributed by atoms with E-state index in [0.717, 1.165) is 0 Å². The molecular weight excluding hydrogens is 266 g/mol. The molecule has 2 aromatic rings. The molecule has 0 unspecified atom stereocenters. The minimum atomic E-state index is -3.32. The molecule has 3 rings (SSSR count). The normalized spacial score (nSPS) is 36.4. The molecule has 0 bridgehead atoms. The molecule has 1 aliphatic heterocycles. The average Bonchev–Trinajstić information content (AvgIpc) is 3.11. The van der Waals surface area contributed by atoms with Gasteiger partial charge in [-0.3, -0.25) is 0 Å². The van der Waals surface area contributed by atoms with Gasteiger partial charge >= 0.3 is 6.09 Å². The summed E-state index contributed by atoms with van der Waals surface area (Å²) >= 11 is 0. The average molecular weight is 302 g/mol. The molecular formula is C16H21N3O2. The van der Waals surface area contributed by atoms with Gasteiger partial charge in [0, 0.05) is 34.6 Å². The quantitative estimate of drug-likeness (QED) is 0.887. The van der Waals surface area contributed by atoms with Crippen LogP contribution in [0.4, 0.5) is 4.79 Å². The fraction of sp³-hybridized carbons (Fsp3) is 0.438. The van der Waals surface area contributed by atoms with Crippen LogP contribution in [-0.2, 0) is 17.5 Å². The molecule has 2 N–H and O–H groups in total. The molecule has 2 heterocycles. The van der Waals surface area contributed by atoms with Gasteiger partial charge < -0.3 is 19.9 Å². The number of hydrogen-bond donors (Lipinski definition) is 2. The molecule has 1 amide bonds. The summed E-state index contributed by atoms with van der Waals surface area (Å²) in [6, 6.07) is -5.63. The number of cyclic esters (lactones) is 1. The van der Waals surface area contributed by atoms with E-state index >= 15 is 0 Å². The predicted octanol–water partition coefficient (Wildman–Crippen LogP) is 1.92. The molecule has 0 aliphatic carbocycles. The van der Waals surface area contributed by atoms with Crippen molar-refractivity contribution >= 4 is 17.0 Å². The first kappa shape index (κ1) is 4.74. The molecule has 5 heteroatoms. The van der Waals surface area contributed by atoms with E-state index in [4.69, 9.17) is 20.6 Å². The van der Waals surface area contributed by atoms with E-state index < -0.39 is 81.8 Å². The Balaban J connectivity index is 2.23. The summed E-state index contributed by atoms with van der Waals surface area (Å²) in [7, 11) is 0. The lowest BCUT2D eigenvalue weighted by Crippen LogP contribution is -2.28. The molecule has 5 nitrogen and oxygen atoms in total. The Labute approximate surface area is 145 Å². The number of aromatic nitrogens is 1. The fourth-order valence-electron chi connectivity index (χ4n) is 1.83. The maximum Gasteiger partial charge on any atom is 0.407 e. The van der Waals surface area contributed by atoms with Crippen LogP contribution in [0.3, 0.4) is 0 Å². The molecule has 1 aliphatic rings. The maximum atomic E-state index is 11.7. The van der Waals surface area contributed by atoms with Crippen molar-refractivity contribution in [1.82, 2.24) is 15.2 Å². The molecule has 1 aromatic heterocycles. The van der Waals surface area contributed by atoms with E-state index in [1.54, 1.807) is 5.32 Å². The van der Waals surface area contributed by atoms with Gasteiger partial charge in [-0.1, -0.05) is 6.04 Å². The molecule has 1 atom stereocenters. The molecule has 0 radical (unpaired) electrons. The summed E-state index contributed by atoms with van der Waals surface area (Å²) in [6.07, 6.45) is -5.64. The van der Waals surface area contributed by atoms with Crippen molar-refractivity contribution in [2.75, 3.05) is 27.1 Å². The lowest BCUT2D eigenvalue weighted by molar-refractivity contribution is 0.177. The third kappa shape index (κ3) is 3.19. The number of nitrogens with zero attached hydrogens (tertiary/aromatic N) is 1. The van der Waals surface area contributed by atoms with Gasteiger partial charge in [0.1, 0.15) is 6.56 Å². The Morgan fingerprint density at radius 2 is 2.57 bits per heavy atom. The number of likely N-dealkylation sites (N-methyl/N-ethyl adjacent to an activating group) is 1. The number of amides is 1. The minimum Gasteiger partial charge on any atom is -0.447 e. The number of alkyl carbamates (subject to hydrolysis) is 1. The zero-order valence-electron chi connectivity index (χ0n) is 25.7. The monoisotopic (exact) mass is 302 g/mol. The van der Waals surface area contributed by atoms with E-state index in [2.05, 4.69) is 9.72 Å². The standard InChI is InChI=1S/C16H21N3O2/c1-19(2)6-5-12-9-17-15-4-3-11(8-14(12)15)7-13-10-21-16(20)18-13/h3-4,8-9,13,17H,5-7,10H2,1-2H3,(H,18,20)/t13-/m0/s1/i1D3,2D3,3D,4D,7D2,8D,9D,10D2,13D. The van der Waals surface area contributed by atoms with E-state index in [0.29, 0.717) is 0 Å². The van der Waals surface area contributed by atoms with Crippen LogP contribution in [-0.4, -0.2) is 49.1 Å². The van der Waals surface area contributed by atoms with Crippen molar-refractivity contribution in [1.29, 1.82) is 0 Å². The first-order valence-corrected chi connectivity index (χ1v) is 5.98. The van der Waals surface area contributed by atoms with Gasteiger partial charge in [0.05, 0.1) is 15.6 Å². The van der Waals surface area contributed by atoms with Crippen molar-refractivity contribution in [3.8, 4) is 0 Å². The summed E-state index contributed by atoms with van der Waals surface area (Å²) in [6.45, 7) is -9.96. The number of nitrogens with one attached hydrogen (secondary N) is 2. The summed E-state index contributed by atoms with van der Waals surface area (Å²) < 4.78 is 124. The fourth-order valence-corrected chi connectivity index (χ4v) is 1.83. The maximum absolute atomic E-state index is 11.7. The largest absolute Gasteiger partial charge is 0.447 e. The van der Waals surface area contributed by atoms with Gasteiger partial charge in [0.15, 0.2) is 0 Å². The van der Waals surface area contributed by atoms with Crippen molar-refractivity contribution in [2.24, 2.45) is 0 Å². The van der Waals surface area contributed by atoms with E-state index in [1.165, 1.54) is 0 Å². The summed E-state index contributed by atoms with van der Waals surface area (Å²) in [5.74, 6) is 0. The SMILES string of the molecule is [2H]c1[nH]c2c([2H])c([2H])c(C([2H])([2H])[C@]3([2H])NC(=O)OC3([2H])[2H])c([2H])c2c1CCN(C([2H])([2H])[2H])C([2H])([2H])[2H]. The third-order valence-electron chi connectivity index (χ3n) is 2.76. The molecule has 1 saturated heterocycles.